The first-order chi connectivity index (χ1) is 11.8. The third-order valence-corrected chi connectivity index (χ3v) is 5.12. The van der Waals surface area contributed by atoms with E-state index in [1.165, 1.54) is 29.6 Å². The van der Waals surface area contributed by atoms with E-state index in [1.54, 1.807) is 0 Å². The fourth-order valence-corrected chi connectivity index (χ4v) is 3.93. The molecular formula is C19H25N5. The Bertz CT molecular complexity index is 845. The van der Waals surface area contributed by atoms with Gasteiger partial charge in [-0.3, -0.25) is 4.68 Å². The van der Waals surface area contributed by atoms with Gasteiger partial charge in [-0.15, -0.1) is 0 Å². The van der Waals surface area contributed by atoms with Crippen LogP contribution in [0.5, 0.6) is 0 Å². The van der Waals surface area contributed by atoms with Gasteiger partial charge in [0.05, 0.1) is 23.8 Å². The van der Waals surface area contributed by atoms with Crippen LogP contribution in [0.25, 0.3) is 11.0 Å². The summed E-state index contributed by atoms with van der Waals surface area (Å²) in [6, 6.07) is 8.77. The molecule has 2 aromatic heterocycles. The second-order valence-electron chi connectivity index (χ2n) is 6.45. The Morgan fingerprint density at radius 1 is 1.21 bits per heavy atom. The van der Waals surface area contributed by atoms with E-state index < -0.39 is 0 Å². The number of nitrogens with zero attached hydrogens (tertiary/aromatic N) is 4. The molecule has 4 rings (SSSR count). The van der Waals surface area contributed by atoms with Crippen molar-refractivity contribution in [3.63, 3.8) is 0 Å². The molecule has 1 aliphatic carbocycles. The molecule has 0 saturated heterocycles. The number of fused-ring (bicyclic) bond motifs is 2. The van der Waals surface area contributed by atoms with Gasteiger partial charge in [0.2, 0.25) is 0 Å². The Morgan fingerprint density at radius 3 is 2.92 bits per heavy atom. The number of rotatable bonds is 5. The van der Waals surface area contributed by atoms with Crippen molar-refractivity contribution in [1.29, 1.82) is 0 Å². The van der Waals surface area contributed by atoms with Crippen LogP contribution in [0.15, 0.2) is 30.5 Å². The van der Waals surface area contributed by atoms with Gasteiger partial charge < -0.3 is 9.88 Å². The molecule has 1 aliphatic rings. The van der Waals surface area contributed by atoms with E-state index in [4.69, 9.17) is 4.98 Å². The molecular weight excluding hydrogens is 298 g/mol. The van der Waals surface area contributed by atoms with Gasteiger partial charge in [-0.05, 0) is 45.2 Å². The van der Waals surface area contributed by atoms with Crippen molar-refractivity contribution in [2.75, 3.05) is 0 Å². The molecule has 5 nitrogen and oxygen atoms in total. The number of benzene rings is 1. The van der Waals surface area contributed by atoms with Gasteiger partial charge in [-0.25, -0.2) is 4.98 Å². The van der Waals surface area contributed by atoms with Gasteiger partial charge in [0.1, 0.15) is 5.82 Å². The molecule has 1 N–H and O–H groups in total. The van der Waals surface area contributed by atoms with Crippen molar-refractivity contribution in [1.82, 2.24) is 24.6 Å². The number of hydrogen-bond donors (Lipinski definition) is 1. The zero-order valence-electron chi connectivity index (χ0n) is 14.5. The fourth-order valence-electron chi connectivity index (χ4n) is 3.93. The van der Waals surface area contributed by atoms with Crippen LogP contribution < -0.4 is 5.32 Å². The highest BCUT2D eigenvalue weighted by molar-refractivity contribution is 5.75. The molecule has 0 unspecified atom stereocenters. The minimum Gasteiger partial charge on any atom is -0.327 e. The summed E-state index contributed by atoms with van der Waals surface area (Å²) in [5, 5.41) is 8.28. The van der Waals surface area contributed by atoms with Crippen LogP contribution in [0.4, 0.5) is 0 Å². The van der Waals surface area contributed by atoms with Gasteiger partial charge in [0, 0.05) is 30.4 Å². The predicted molar refractivity (Wildman–Crippen MR) is 95.8 cm³/mol. The number of aromatic nitrogens is 4. The van der Waals surface area contributed by atoms with Crippen LogP contribution in [0.3, 0.4) is 0 Å². The number of nitrogens with one attached hydrogen (secondary N) is 1. The van der Waals surface area contributed by atoms with Crippen LogP contribution in [0.2, 0.25) is 0 Å². The van der Waals surface area contributed by atoms with Crippen molar-refractivity contribution in [2.24, 2.45) is 0 Å². The smallest absolute Gasteiger partial charge is 0.123 e. The molecule has 0 fully saturated rings. The molecule has 5 heteroatoms. The van der Waals surface area contributed by atoms with Crippen molar-refractivity contribution in [3.8, 4) is 0 Å². The maximum Gasteiger partial charge on any atom is 0.123 e. The van der Waals surface area contributed by atoms with E-state index in [2.05, 4.69) is 64.0 Å². The minimum atomic E-state index is 0.388. The summed E-state index contributed by atoms with van der Waals surface area (Å²) in [7, 11) is 0. The average molecular weight is 323 g/mol. The molecule has 0 spiro atoms. The van der Waals surface area contributed by atoms with E-state index in [9.17, 15) is 0 Å². The second-order valence-corrected chi connectivity index (χ2v) is 6.45. The maximum absolute atomic E-state index is 4.82. The summed E-state index contributed by atoms with van der Waals surface area (Å²) in [6.07, 6.45) is 5.60. The number of aryl methyl sites for hydroxylation is 2. The molecule has 0 amide bonds. The summed E-state index contributed by atoms with van der Waals surface area (Å²) in [5.41, 5.74) is 5.09. The first-order valence-electron chi connectivity index (χ1n) is 9.04. The van der Waals surface area contributed by atoms with Crippen LogP contribution in [-0.2, 0) is 26.1 Å². The first-order valence-corrected chi connectivity index (χ1v) is 9.04. The van der Waals surface area contributed by atoms with Gasteiger partial charge in [-0.1, -0.05) is 12.1 Å². The topological polar surface area (TPSA) is 47.7 Å². The Kier molecular flexibility index (Phi) is 4.10. The summed E-state index contributed by atoms with van der Waals surface area (Å²) in [4.78, 5) is 4.82. The predicted octanol–water partition coefficient (Wildman–Crippen LogP) is 3.44. The number of imidazole rings is 1. The van der Waals surface area contributed by atoms with Gasteiger partial charge in [0.15, 0.2) is 0 Å². The van der Waals surface area contributed by atoms with Crippen molar-refractivity contribution in [2.45, 2.75) is 58.8 Å². The lowest BCUT2D eigenvalue weighted by molar-refractivity contribution is 0.438. The standard InChI is InChI=1S/C19H25N5/c1-3-23-18-10-6-5-8-16(18)22-19(23)13-20-15-9-7-11-17-14(15)12-21-24(17)4-2/h5-6,8,10,12,15,20H,3-4,7,9,11,13H2,1-2H3/t15-/m1/s1. The molecule has 3 aromatic rings. The molecule has 24 heavy (non-hydrogen) atoms. The van der Waals surface area contributed by atoms with E-state index >= 15 is 0 Å². The monoisotopic (exact) mass is 323 g/mol. The zero-order valence-corrected chi connectivity index (χ0v) is 14.5. The number of para-hydroxylation sites is 2. The first kappa shape index (κ1) is 15.4. The Balaban J connectivity index is 1.57. The van der Waals surface area contributed by atoms with Crippen molar-refractivity contribution in [3.05, 3.63) is 47.5 Å². The minimum absolute atomic E-state index is 0.388. The summed E-state index contributed by atoms with van der Waals surface area (Å²) in [5.74, 6) is 1.12. The summed E-state index contributed by atoms with van der Waals surface area (Å²) < 4.78 is 4.45. The molecule has 1 atom stereocenters. The van der Waals surface area contributed by atoms with Crippen molar-refractivity contribution < 1.29 is 0 Å². The lowest BCUT2D eigenvalue weighted by Crippen LogP contribution is -2.26. The molecule has 0 aliphatic heterocycles. The van der Waals surface area contributed by atoms with Gasteiger partial charge >= 0.3 is 0 Å². The zero-order chi connectivity index (χ0) is 16.5. The Morgan fingerprint density at radius 2 is 2.08 bits per heavy atom. The molecule has 126 valence electrons. The largest absolute Gasteiger partial charge is 0.327 e. The lowest BCUT2D eigenvalue weighted by Gasteiger charge is -2.24. The van der Waals surface area contributed by atoms with Crippen LogP contribution >= 0.6 is 0 Å². The molecule has 2 heterocycles. The molecule has 0 bridgehead atoms. The summed E-state index contributed by atoms with van der Waals surface area (Å²) >= 11 is 0. The molecule has 1 aromatic carbocycles. The van der Waals surface area contributed by atoms with E-state index in [-0.39, 0.29) is 0 Å². The Hall–Kier alpha value is -2.14. The van der Waals surface area contributed by atoms with E-state index in [1.807, 2.05) is 0 Å². The number of hydrogen-bond acceptors (Lipinski definition) is 3. The normalized spacial score (nSPS) is 17.3. The highest BCUT2D eigenvalue weighted by Crippen LogP contribution is 2.30. The highest BCUT2D eigenvalue weighted by Gasteiger charge is 2.24. The third-order valence-electron chi connectivity index (χ3n) is 5.12. The van der Waals surface area contributed by atoms with E-state index in [0.717, 1.165) is 37.4 Å². The van der Waals surface area contributed by atoms with Gasteiger partial charge in [0.25, 0.3) is 0 Å². The maximum atomic E-state index is 4.82. The SMILES string of the molecule is CCn1ncc2c1CCC[C@H]2NCc1nc2ccccc2n1CC. The Labute approximate surface area is 142 Å². The lowest BCUT2D eigenvalue weighted by atomic mass is 9.93. The third kappa shape index (κ3) is 2.53. The van der Waals surface area contributed by atoms with Crippen LogP contribution in [0, 0.1) is 0 Å². The van der Waals surface area contributed by atoms with Gasteiger partial charge in [-0.2, -0.15) is 5.10 Å². The van der Waals surface area contributed by atoms with E-state index in [0.29, 0.717) is 6.04 Å². The fraction of sp³-hybridized carbons (Fsp3) is 0.474. The van der Waals surface area contributed by atoms with Crippen molar-refractivity contribution >= 4 is 11.0 Å². The highest BCUT2D eigenvalue weighted by atomic mass is 15.3. The summed E-state index contributed by atoms with van der Waals surface area (Å²) in [6.45, 7) is 7.04. The average Bonchev–Trinajstić information content (AvgIpc) is 3.20. The van der Waals surface area contributed by atoms with Crippen LogP contribution in [0.1, 0.15) is 49.8 Å². The second kappa shape index (κ2) is 6.40. The molecule has 0 radical (unpaired) electrons. The van der Waals surface area contributed by atoms with Crippen LogP contribution in [-0.4, -0.2) is 19.3 Å². The molecule has 0 saturated carbocycles. The quantitative estimate of drug-likeness (QED) is 0.782.